The molecule has 2 aromatic rings. The molecule has 2 aliphatic rings. The second-order valence-corrected chi connectivity index (χ2v) is 8.55. The third-order valence-electron chi connectivity index (χ3n) is 5.87. The highest BCUT2D eigenvalue weighted by atomic mass is 15.4. The van der Waals surface area contributed by atoms with Crippen LogP contribution >= 0.6 is 0 Å². The minimum Gasteiger partial charge on any atom is -0.341 e. The maximum absolute atomic E-state index is 4.81. The summed E-state index contributed by atoms with van der Waals surface area (Å²) < 4.78 is 0. The molecule has 4 rings (SSSR count). The van der Waals surface area contributed by atoms with Crippen molar-refractivity contribution in [3.05, 3.63) is 35.4 Å². The fourth-order valence-electron chi connectivity index (χ4n) is 4.01. The fourth-order valence-corrected chi connectivity index (χ4v) is 4.01. The smallest absolute Gasteiger partial charge is 0.250 e. The number of benzene rings is 1. The molecule has 0 spiro atoms. The lowest BCUT2D eigenvalue weighted by Gasteiger charge is -2.30. The minimum absolute atomic E-state index is 0.515. The van der Waals surface area contributed by atoms with Crippen molar-refractivity contribution in [3.8, 4) is 0 Å². The maximum atomic E-state index is 4.81. The lowest BCUT2D eigenvalue weighted by molar-refractivity contribution is 0.556. The van der Waals surface area contributed by atoms with Gasteiger partial charge >= 0.3 is 0 Å². The predicted octanol–water partition coefficient (Wildman–Crippen LogP) is 4.42. The van der Waals surface area contributed by atoms with E-state index >= 15 is 0 Å². The number of anilines is 3. The first-order chi connectivity index (χ1) is 14.7. The Morgan fingerprint density at radius 2 is 1.33 bits per heavy atom. The lowest BCUT2D eigenvalue weighted by atomic mass is 10.0. The van der Waals surface area contributed by atoms with Gasteiger partial charge < -0.3 is 9.80 Å². The molecular weight excluding hydrogens is 374 g/mol. The molecule has 0 aliphatic carbocycles. The van der Waals surface area contributed by atoms with Crippen molar-refractivity contribution in [3.63, 3.8) is 0 Å². The van der Waals surface area contributed by atoms with Crippen LogP contribution in [0.3, 0.4) is 0 Å². The molecular formula is C23H33N7. The first-order valence-electron chi connectivity index (χ1n) is 11.3. The Morgan fingerprint density at radius 3 is 1.83 bits per heavy atom. The quantitative estimate of drug-likeness (QED) is 0.565. The highest BCUT2D eigenvalue weighted by Crippen LogP contribution is 2.22. The van der Waals surface area contributed by atoms with E-state index in [0.717, 1.165) is 43.6 Å². The molecule has 0 bridgehead atoms. The Bertz CT molecular complexity index is 799. The first-order valence-corrected chi connectivity index (χ1v) is 11.3. The molecule has 2 saturated heterocycles. The van der Waals surface area contributed by atoms with Gasteiger partial charge in [0.1, 0.15) is 0 Å². The van der Waals surface area contributed by atoms with Crippen LogP contribution in [0.4, 0.5) is 17.8 Å². The van der Waals surface area contributed by atoms with Gasteiger partial charge in [-0.25, -0.2) is 5.43 Å². The second kappa shape index (κ2) is 9.87. The molecule has 1 N–H and O–H groups in total. The third-order valence-corrected chi connectivity index (χ3v) is 5.87. The van der Waals surface area contributed by atoms with Crippen molar-refractivity contribution in [1.82, 2.24) is 15.0 Å². The van der Waals surface area contributed by atoms with Crippen molar-refractivity contribution in [2.75, 3.05) is 41.4 Å². The zero-order valence-corrected chi connectivity index (χ0v) is 18.2. The average molecular weight is 408 g/mol. The molecule has 3 heterocycles. The number of piperidine rings is 2. The average Bonchev–Trinajstić information content (AvgIpc) is 2.80. The number of aromatic nitrogens is 3. The summed E-state index contributed by atoms with van der Waals surface area (Å²) in [4.78, 5) is 18.7. The third kappa shape index (κ3) is 5.26. The minimum atomic E-state index is 0.515. The fraction of sp³-hybridized carbons (Fsp3) is 0.565. The molecule has 2 aliphatic heterocycles. The van der Waals surface area contributed by atoms with Crippen LogP contribution in [0.2, 0.25) is 0 Å². The molecule has 7 nitrogen and oxygen atoms in total. The van der Waals surface area contributed by atoms with Crippen molar-refractivity contribution in [1.29, 1.82) is 0 Å². The lowest BCUT2D eigenvalue weighted by Crippen LogP contribution is -2.34. The second-order valence-electron chi connectivity index (χ2n) is 8.55. The maximum Gasteiger partial charge on any atom is 0.250 e. The van der Waals surface area contributed by atoms with E-state index in [2.05, 4.69) is 68.4 Å². The van der Waals surface area contributed by atoms with Crippen LogP contribution in [0, 0.1) is 0 Å². The van der Waals surface area contributed by atoms with Gasteiger partial charge in [-0.15, -0.1) is 0 Å². The monoisotopic (exact) mass is 407 g/mol. The Hall–Kier alpha value is -2.70. The first kappa shape index (κ1) is 20.6. The van der Waals surface area contributed by atoms with Gasteiger partial charge in [0, 0.05) is 26.2 Å². The van der Waals surface area contributed by atoms with Gasteiger partial charge in [0.25, 0.3) is 0 Å². The summed E-state index contributed by atoms with van der Waals surface area (Å²) >= 11 is 0. The molecule has 0 amide bonds. The van der Waals surface area contributed by atoms with Crippen LogP contribution in [0.15, 0.2) is 29.4 Å². The van der Waals surface area contributed by atoms with E-state index in [1.54, 1.807) is 0 Å². The summed E-state index contributed by atoms with van der Waals surface area (Å²) in [5.74, 6) is 2.58. The van der Waals surface area contributed by atoms with Gasteiger partial charge in [-0.2, -0.15) is 20.1 Å². The van der Waals surface area contributed by atoms with Crippen LogP contribution in [-0.4, -0.2) is 47.3 Å². The number of hydrogen-bond donors (Lipinski definition) is 1. The normalized spacial score (nSPS) is 17.7. The molecule has 30 heavy (non-hydrogen) atoms. The number of nitrogens with one attached hydrogen (secondary N) is 1. The van der Waals surface area contributed by atoms with Crippen molar-refractivity contribution < 1.29 is 0 Å². The zero-order valence-electron chi connectivity index (χ0n) is 18.2. The van der Waals surface area contributed by atoms with Gasteiger partial charge in [0.05, 0.1) is 6.21 Å². The van der Waals surface area contributed by atoms with Gasteiger partial charge in [-0.3, -0.25) is 0 Å². The topological polar surface area (TPSA) is 69.5 Å². The molecule has 160 valence electrons. The molecule has 0 unspecified atom stereocenters. The van der Waals surface area contributed by atoms with E-state index in [9.17, 15) is 0 Å². The molecule has 2 fully saturated rings. The van der Waals surface area contributed by atoms with Crippen LogP contribution in [0.5, 0.6) is 0 Å². The summed E-state index contributed by atoms with van der Waals surface area (Å²) in [6, 6.07) is 8.48. The van der Waals surface area contributed by atoms with Crippen LogP contribution in [0.25, 0.3) is 0 Å². The molecule has 1 aromatic carbocycles. The summed E-state index contributed by atoms with van der Waals surface area (Å²) in [7, 11) is 0. The summed E-state index contributed by atoms with van der Waals surface area (Å²) in [6.45, 7) is 8.43. The summed E-state index contributed by atoms with van der Waals surface area (Å²) in [5, 5.41) is 4.39. The number of nitrogens with zero attached hydrogens (tertiary/aromatic N) is 6. The van der Waals surface area contributed by atoms with Crippen LogP contribution in [0.1, 0.15) is 69.4 Å². The van der Waals surface area contributed by atoms with Crippen molar-refractivity contribution in [2.24, 2.45) is 5.10 Å². The van der Waals surface area contributed by atoms with E-state index < -0.39 is 0 Å². The van der Waals surface area contributed by atoms with E-state index in [0.29, 0.717) is 11.9 Å². The Morgan fingerprint density at radius 1 is 0.800 bits per heavy atom. The van der Waals surface area contributed by atoms with Gasteiger partial charge in [-0.1, -0.05) is 38.1 Å². The molecule has 0 atom stereocenters. The molecule has 0 radical (unpaired) electrons. The summed E-state index contributed by atoms with van der Waals surface area (Å²) in [6.07, 6.45) is 9.15. The molecule has 7 heteroatoms. The highest BCUT2D eigenvalue weighted by Gasteiger charge is 2.20. The van der Waals surface area contributed by atoms with Crippen LogP contribution < -0.4 is 15.2 Å². The summed E-state index contributed by atoms with van der Waals surface area (Å²) in [5.41, 5.74) is 5.42. The van der Waals surface area contributed by atoms with Crippen molar-refractivity contribution in [2.45, 2.75) is 58.3 Å². The molecule has 0 saturated carbocycles. The largest absolute Gasteiger partial charge is 0.341 e. The van der Waals surface area contributed by atoms with Gasteiger partial charge in [-0.05, 0) is 55.6 Å². The number of hydrazone groups is 1. The SMILES string of the molecule is CC(C)c1ccc(C=NNc2nc(N3CCCCC3)nc(N3CCCCC3)n2)cc1. The van der Waals surface area contributed by atoms with Gasteiger partial charge in [0.2, 0.25) is 17.8 Å². The van der Waals surface area contributed by atoms with E-state index in [4.69, 9.17) is 4.98 Å². The highest BCUT2D eigenvalue weighted by molar-refractivity contribution is 5.80. The van der Waals surface area contributed by atoms with Gasteiger partial charge in [0.15, 0.2) is 0 Å². The number of hydrogen-bond acceptors (Lipinski definition) is 7. The van der Waals surface area contributed by atoms with E-state index in [1.807, 2.05) is 6.21 Å². The Labute approximate surface area is 179 Å². The van der Waals surface area contributed by atoms with E-state index in [1.165, 1.54) is 44.1 Å². The predicted molar refractivity (Wildman–Crippen MR) is 124 cm³/mol. The standard InChI is InChI=1S/C23H33N7/c1-18(2)20-11-9-19(10-12-20)17-24-28-21-25-22(29-13-5-3-6-14-29)27-23(26-21)30-15-7-4-8-16-30/h9-12,17-18H,3-8,13-16H2,1-2H3,(H,25,26,27,28). The zero-order chi connectivity index (χ0) is 20.8. The van der Waals surface area contributed by atoms with Crippen LogP contribution in [-0.2, 0) is 0 Å². The van der Waals surface area contributed by atoms with Crippen molar-refractivity contribution >= 4 is 24.1 Å². The molecule has 1 aromatic heterocycles. The van der Waals surface area contributed by atoms with E-state index in [-0.39, 0.29) is 0 Å². The Balaban J connectivity index is 1.51. The Kier molecular flexibility index (Phi) is 6.77. The number of rotatable bonds is 6.